The summed E-state index contributed by atoms with van der Waals surface area (Å²) in [5, 5.41) is 4.37. The maximum absolute atomic E-state index is 6.23. The summed E-state index contributed by atoms with van der Waals surface area (Å²) in [7, 11) is 2.07. The number of benzene rings is 1. The zero-order valence-corrected chi connectivity index (χ0v) is 14.9. The molecule has 1 fully saturated rings. The Kier molecular flexibility index (Phi) is 3.65. The van der Waals surface area contributed by atoms with E-state index in [0.717, 1.165) is 20.6 Å². The Morgan fingerprint density at radius 3 is 2.90 bits per heavy atom. The molecule has 0 saturated heterocycles. The standard InChI is InChI=1S/C17H17BrClNS/c1-20-16(13-8-12(19)17(18)21-13)15-11-7-6-9-4-2-3-5-10(9)14(11)15/h2-5,8,11,14-16,20H,6-7H2,1H3. The fourth-order valence-electron chi connectivity index (χ4n) is 4.12. The van der Waals surface area contributed by atoms with Crippen molar-refractivity contribution in [2.45, 2.75) is 24.8 Å². The lowest BCUT2D eigenvalue weighted by Gasteiger charge is -2.15. The van der Waals surface area contributed by atoms with Crippen LogP contribution in [0.4, 0.5) is 0 Å². The van der Waals surface area contributed by atoms with E-state index >= 15 is 0 Å². The van der Waals surface area contributed by atoms with Crippen LogP contribution in [0.25, 0.3) is 0 Å². The van der Waals surface area contributed by atoms with Gasteiger partial charge in [-0.3, -0.25) is 0 Å². The van der Waals surface area contributed by atoms with E-state index in [9.17, 15) is 0 Å². The number of nitrogens with one attached hydrogen (secondary N) is 1. The van der Waals surface area contributed by atoms with Gasteiger partial charge in [0.2, 0.25) is 0 Å². The first-order valence-corrected chi connectivity index (χ1v) is 9.39. The Morgan fingerprint density at radius 2 is 2.19 bits per heavy atom. The van der Waals surface area contributed by atoms with E-state index in [0.29, 0.717) is 12.0 Å². The first-order valence-electron chi connectivity index (χ1n) is 7.40. The third-order valence-electron chi connectivity index (χ3n) is 5.06. The number of aryl methyl sites for hydroxylation is 1. The van der Waals surface area contributed by atoms with Crippen LogP contribution in [0.5, 0.6) is 0 Å². The summed E-state index contributed by atoms with van der Waals surface area (Å²) < 4.78 is 1.04. The third-order valence-corrected chi connectivity index (χ3v) is 7.62. The summed E-state index contributed by atoms with van der Waals surface area (Å²) >= 11 is 11.5. The molecule has 4 unspecified atom stereocenters. The molecule has 0 amide bonds. The van der Waals surface area contributed by atoms with Gasteiger partial charge in [-0.25, -0.2) is 0 Å². The van der Waals surface area contributed by atoms with Crippen molar-refractivity contribution in [1.82, 2.24) is 5.32 Å². The first-order chi connectivity index (χ1) is 10.2. The lowest BCUT2D eigenvalue weighted by Crippen LogP contribution is -2.18. The molecule has 1 nitrogen and oxygen atoms in total. The van der Waals surface area contributed by atoms with E-state index in [1.54, 1.807) is 22.5 Å². The van der Waals surface area contributed by atoms with Crippen molar-refractivity contribution in [2.24, 2.45) is 11.8 Å². The van der Waals surface area contributed by atoms with Gasteiger partial charge in [-0.05, 0) is 70.8 Å². The minimum atomic E-state index is 0.417. The van der Waals surface area contributed by atoms with Gasteiger partial charge < -0.3 is 5.32 Å². The summed E-state index contributed by atoms with van der Waals surface area (Å²) in [5.74, 6) is 2.27. The number of hydrogen-bond donors (Lipinski definition) is 1. The molecule has 21 heavy (non-hydrogen) atoms. The predicted octanol–water partition coefficient (Wildman–Crippen LogP) is 5.40. The zero-order valence-electron chi connectivity index (χ0n) is 11.8. The number of rotatable bonds is 3. The smallest absolute Gasteiger partial charge is 0.0887 e. The van der Waals surface area contributed by atoms with Gasteiger partial charge in [0.1, 0.15) is 0 Å². The Hall–Kier alpha value is -0.350. The van der Waals surface area contributed by atoms with Gasteiger partial charge in [-0.1, -0.05) is 35.9 Å². The summed E-state index contributed by atoms with van der Waals surface area (Å²) in [6, 6.07) is 11.5. The average molecular weight is 383 g/mol. The molecule has 1 aromatic carbocycles. The summed E-state index contributed by atoms with van der Waals surface area (Å²) in [4.78, 5) is 1.35. The largest absolute Gasteiger partial charge is 0.312 e. The maximum Gasteiger partial charge on any atom is 0.0887 e. The fraction of sp³-hybridized carbons (Fsp3) is 0.412. The Balaban J connectivity index is 1.66. The zero-order chi connectivity index (χ0) is 14.6. The van der Waals surface area contributed by atoms with Gasteiger partial charge in [0, 0.05) is 10.9 Å². The van der Waals surface area contributed by atoms with Gasteiger partial charge in [-0.2, -0.15) is 0 Å². The predicted molar refractivity (Wildman–Crippen MR) is 93.3 cm³/mol. The summed E-state index contributed by atoms with van der Waals surface area (Å²) in [6.45, 7) is 0. The lowest BCUT2D eigenvalue weighted by atomic mass is 9.92. The summed E-state index contributed by atoms with van der Waals surface area (Å²) in [6.07, 6.45) is 2.56. The second-order valence-corrected chi connectivity index (χ2v) is 8.85. The normalized spacial score (nSPS) is 27.9. The topological polar surface area (TPSA) is 12.0 Å². The van der Waals surface area contributed by atoms with Crippen LogP contribution in [0.1, 0.15) is 34.4 Å². The van der Waals surface area contributed by atoms with Crippen molar-refractivity contribution in [3.8, 4) is 0 Å². The molecule has 1 heterocycles. The molecule has 0 spiro atoms. The van der Waals surface area contributed by atoms with Crippen LogP contribution in [-0.4, -0.2) is 7.05 Å². The van der Waals surface area contributed by atoms with Crippen molar-refractivity contribution < 1.29 is 0 Å². The number of hydrogen-bond acceptors (Lipinski definition) is 2. The van der Waals surface area contributed by atoms with Crippen molar-refractivity contribution in [3.63, 3.8) is 0 Å². The minimum Gasteiger partial charge on any atom is -0.312 e. The monoisotopic (exact) mass is 381 g/mol. The molecular weight excluding hydrogens is 366 g/mol. The molecule has 4 heteroatoms. The number of fused-ring (bicyclic) bond motifs is 3. The molecule has 2 aliphatic rings. The van der Waals surface area contributed by atoms with Gasteiger partial charge in [-0.15, -0.1) is 11.3 Å². The highest BCUT2D eigenvalue weighted by Crippen LogP contribution is 2.64. The maximum atomic E-state index is 6.23. The van der Waals surface area contributed by atoms with E-state index in [4.69, 9.17) is 11.6 Å². The highest BCUT2D eigenvalue weighted by molar-refractivity contribution is 9.11. The molecular formula is C17H17BrClNS. The molecule has 4 rings (SSSR count). The molecule has 0 radical (unpaired) electrons. The second-order valence-electron chi connectivity index (χ2n) is 6.04. The van der Waals surface area contributed by atoms with Crippen molar-refractivity contribution in [2.75, 3.05) is 7.05 Å². The van der Waals surface area contributed by atoms with Crippen molar-refractivity contribution in [3.05, 3.63) is 55.1 Å². The highest BCUT2D eigenvalue weighted by Gasteiger charge is 2.56. The Bertz CT molecular complexity index is 664. The van der Waals surface area contributed by atoms with Crippen LogP contribution in [0.15, 0.2) is 34.1 Å². The molecule has 1 N–H and O–H groups in total. The molecule has 1 saturated carbocycles. The van der Waals surface area contributed by atoms with Crippen LogP contribution in [0, 0.1) is 11.8 Å². The van der Waals surface area contributed by atoms with Crippen LogP contribution in [-0.2, 0) is 6.42 Å². The van der Waals surface area contributed by atoms with E-state index in [-0.39, 0.29) is 0 Å². The molecule has 0 bridgehead atoms. The molecule has 2 aromatic rings. The lowest BCUT2D eigenvalue weighted by molar-refractivity contribution is 0.491. The highest BCUT2D eigenvalue weighted by atomic mass is 79.9. The van der Waals surface area contributed by atoms with Crippen LogP contribution < -0.4 is 5.32 Å². The van der Waals surface area contributed by atoms with Crippen molar-refractivity contribution >= 4 is 38.9 Å². The SMILES string of the molecule is CNC(c1cc(Cl)c(Br)s1)C1C2CCc3ccccc3C21. The van der Waals surface area contributed by atoms with E-state index in [1.165, 1.54) is 17.7 Å². The van der Waals surface area contributed by atoms with Gasteiger partial charge in [0.25, 0.3) is 0 Å². The molecule has 4 atom stereocenters. The van der Waals surface area contributed by atoms with Gasteiger partial charge >= 0.3 is 0 Å². The van der Waals surface area contributed by atoms with Crippen molar-refractivity contribution in [1.29, 1.82) is 0 Å². The third kappa shape index (κ3) is 2.29. The minimum absolute atomic E-state index is 0.417. The average Bonchev–Trinajstić information content (AvgIpc) is 3.13. The first kappa shape index (κ1) is 14.3. The van der Waals surface area contributed by atoms with Crippen LogP contribution >= 0.6 is 38.9 Å². The van der Waals surface area contributed by atoms with Crippen LogP contribution in [0.3, 0.4) is 0 Å². The Morgan fingerprint density at radius 1 is 1.38 bits per heavy atom. The molecule has 0 aliphatic heterocycles. The second kappa shape index (κ2) is 5.38. The van der Waals surface area contributed by atoms with Gasteiger partial charge in [0.05, 0.1) is 8.81 Å². The quantitative estimate of drug-likeness (QED) is 0.749. The molecule has 2 aliphatic carbocycles. The molecule has 110 valence electrons. The van der Waals surface area contributed by atoms with Crippen LogP contribution in [0.2, 0.25) is 5.02 Å². The van der Waals surface area contributed by atoms with E-state index in [1.807, 2.05) is 0 Å². The van der Waals surface area contributed by atoms with E-state index in [2.05, 4.69) is 58.6 Å². The number of halogens is 2. The number of thiophene rings is 1. The molecule has 1 aromatic heterocycles. The Labute approximate surface area is 142 Å². The fourth-order valence-corrected chi connectivity index (χ4v) is 6.03. The van der Waals surface area contributed by atoms with Gasteiger partial charge in [0.15, 0.2) is 0 Å². The summed E-state index contributed by atoms with van der Waals surface area (Å²) in [5.41, 5.74) is 3.14. The van der Waals surface area contributed by atoms with E-state index < -0.39 is 0 Å².